The lowest BCUT2D eigenvalue weighted by atomic mass is 10.3. The largest absolute Gasteiger partial charge is 0.798 e. The predicted octanol–water partition coefficient (Wildman–Crippen LogP) is -0.516. The number of nitrogens with two attached hydrogens (primary N) is 1. The first-order valence-corrected chi connectivity index (χ1v) is 7.53. The zero-order valence-corrected chi connectivity index (χ0v) is 11.9. The lowest BCUT2D eigenvalue weighted by Gasteiger charge is -2.22. The Balaban J connectivity index is 0.00000324. The topological polar surface area (TPSA) is 118 Å². The van der Waals surface area contributed by atoms with E-state index < -0.39 is 19.8 Å². The molecule has 2 atom stereocenters. The molecule has 0 bridgehead atoms. The number of anilines is 1. The molecular weight excluding hydrogens is 271 g/mol. The second-order valence-electron chi connectivity index (χ2n) is 4.07. The Morgan fingerprint density at radius 2 is 2.26 bits per heavy atom. The van der Waals surface area contributed by atoms with Gasteiger partial charge in [-0.15, -0.1) is 0 Å². The number of aliphatic hydroxyl groups is 1. The molecule has 1 aromatic heterocycles. The fourth-order valence-electron chi connectivity index (χ4n) is 1.30. The summed E-state index contributed by atoms with van der Waals surface area (Å²) in [4.78, 5) is 22.5. The highest BCUT2D eigenvalue weighted by Gasteiger charge is 2.12. The molecule has 108 valence electrons. The minimum Gasteiger partial charge on any atom is -0.798 e. The van der Waals surface area contributed by atoms with Crippen LogP contribution >= 0.6 is 7.37 Å². The van der Waals surface area contributed by atoms with E-state index in [1.54, 1.807) is 0 Å². The van der Waals surface area contributed by atoms with Crippen LogP contribution in [0, 0.1) is 7.43 Å². The number of rotatable bonds is 6. The highest BCUT2D eigenvalue weighted by Crippen LogP contribution is 2.29. The van der Waals surface area contributed by atoms with Gasteiger partial charge in [0.15, 0.2) is 0 Å². The summed E-state index contributed by atoms with van der Waals surface area (Å²) in [5, 5.41) is 9.07. The van der Waals surface area contributed by atoms with Crippen molar-refractivity contribution in [1.29, 1.82) is 0 Å². The van der Waals surface area contributed by atoms with Crippen LogP contribution in [0.4, 0.5) is 5.69 Å². The number of hydrogen-bond donors (Lipinski definition) is 2. The summed E-state index contributed by atoms with van der Waals surface area (Å²) in [5.41, 5.74) is 5.44. The first kappa shape index (κ1) is 17.7. The third-order valence-electron chi connectivity index (χ3n) is 2.17. The Bertz CT molecular complexity index is 496. The molecule has 0 aliphatic heterocycles. The second-order valence-corrected chi connectivity index (χ2v) is 6.35. The highest BCUT2D eigenvalue weighted by molar-refractivity contribution is 7.55. The molecule has 0 aliphatic carbocycles. The normalized spacial score (nSPS) is 15.3. The standard InChI is InChI=1S/C10H17N2O5P.CH3/c1-18(15,16)7-17-9(6-13)5-12-3-2-8(11)4-10(12)14;/h2-4,9,13H,5-7,11H2,1H3,(H,15,16);1H3/q;+1/p-1/t9-;/m0./s1. The smallest absolute Gasteiger partial charge is 0.252 e. The van der Waals surface area contributed by atoms with Crippen molar-refractivity contribution in [2.24, 2.45) is 0 Å². The molecule has 0 aromatic carbocycles. The van der Waals surface area contributed by atoms with Crippen molar-refractivity contribution >= 4 is 13.1 Å². The van der Waals surface area contributed by atoms with Gasteiger partial charge in [0.25, 0.3) is 5.56 Å². The zero-order chi connectivity index (χ0) is 13.8. The monoisotopic (exact) mass is 290 g/mol. The van der Waals surface area contributed by atoms with Crippen LogP contribution in [-0.2, 0) is 15.8 Å². The Morgan fingerprint density at radius 3 is 2.74 bits per heavy atom. The molecule has 1 heterocycles. The average molecular weight is 290 g/mol. The van der Waals surface area contributed by atoms with Gasteiger partial charge in [-0.05, 0) is 12.7 Å². The number of ether oxygens (including phenoxy) is 1. The van der Waals surface area contributed by atoms with Gasteiger partial charge in [-0.2, -0.15) is 0 Å². The molecule has 1 aromatic rings. The summed E-state index contributed by atoms with van der Waals surface area (Å²) < 4.78 is 17.3. The van der Waals surface area contributed by atoms with Crippen molar-refractivity contribution in [2.75, 3.05) is 25.4 Å². The van der Waals surface area contributed by atoms with Gasteiger partial charge in [0, 0.05) is 32.7 Å². The number of aliphatic hydroxyl groups excluding tert-OH is 1. The maximum atomic E-state index is 11.5. The van der Waals surface area contributed by atoms with Gasteiger partial charge in [-0.1, -0.05) is 0 Å². The van der Waals surface area contributed by atoms with E-state index in [1.165, 1.54) is 22.9 Å². The summed E-state index contributed by atoms with van der Waals surface area (Å²) in [6.07, 6.45) is 0.238. The molecule has 3 N–H and O–H groups in total. The van der Waals surface area contributed by atoms with Gasteiger partial charge in [0.1, 0.15) is 0 Å². The minimum absolute atomic E-state index is 0. The summed E-state index contributed by atoms with van der Waals surface area (Å²) in [5.74, 6) is 0. The van der Waals surface area contributed by atoms with Crippen molar-refractivity contribution in [1.82, 2.24) is 4.57 Å². The molecule has 0 saturated heterocycles. The maximum absolute atomic E-state index is 11.5. The molecule has 19 heavy (non-hydrogen) atoms. The third-order valence-corrected chi connectivity index (χ3v) is 2.79. The third kappa shape index (κ3) is 6.45. The first-order valence-electron chi connectivity index (χ1n) is 5.28. The molecule has 0 spiro atoms. The zero-order valence-electron chi connectivity index (χ0n) is 11.0. The Morgan fingerprint density at radius 1 is 1.63 bits per heavy atom. The van der Waals surface area contributed by atoms with Gasteiger partial charge in [-0.25, -0.2) is 0 Å². The van der Waals surface area contributed by atoms with Crippen molar-refractivity contribution in [3.05, 3.63) is 36.1 Å². The van der Waals surface area contributed by atoms with Gasteiger partial charge in [0.05, 0.1) is 25.6 Å². The molecule has 0 amide bonds. The lowest BCUT2D eigenvalue weighted by molar-refractivity contribution is -0.180. The summed E-state index contributed by atoms with van der Waals surface area (Å²) in [7, 11) is -3.55. The van der Waals surface area contributed by atoms with Crippen LogP contribution in [0.2, 0.25) is 0 Å². The SMILES string of the molecule is CP(=O)([O-])CO[C@H](CO)Cn1ccc(N)cc1=O.[CH3+]. The van der Waals surface area contributed by atoms with Gasteiger partial charge < -0.3 is 29.6 Å². The van der Waals surface area contributed by atoms with Crippen LogP contribution in [0.15, 0.2) is 23.1 Å². The Hall–Kier alpha value is -1.27. The summed E-state index contributed by atoms with van der Waals surface area (Å²) in [6.45, 7) is 0.739. The molecule has 8 heteroatoms. The number of nitrogens with zero attached hydrogens (tertiary/aromatic N) is 1. The van der Waals surface area contributed by atoms with E-state index >= 15 is 0 Å². The van der Waals surface area contributed by atoms with E-state index in [0.717, 1.165) is 6.66 Å². The maximum Gasteiger partial charge on any atom is 0.252 e. The van der Waals surface area contributed by atoms with Crippen LogP contribution < -0.4 is 16.2 Å². The Kier molecular flexibility index (Phi) is 6.86. The lowest BCUT2D eigenvalue weighted by Crippen LogP contribution is -2.30. The summed E-state index contributed by atoms with van der Waals surface area (Å²) in [6, 6.07) is 2.78. The number of hydrogen-bond acceptors (Lipinski definition) is 6. The van der Waals surface area contributed by atoms with Gasteiger partial charge >= 0.3 is 0 Å². The average Bonchev–Trinajstić information content (AvgIpc) is 2.25. The molecule has 1 unspecified atom stereocenters. The van der Waals surface area contributed by atoms with E-state index in [4.69, 9.17) is 15.6 Å². The highest BCUT2D eigenvalue weighted by atomic mass is 31.2. The van der Waals surface area contributed by atoms with Crippen molar-refractivity contribution in [2.45, 2.75) is 12.6 Å². The first-order chi connectivity index (χ1) is 8.31. The van der Waals surface area contributed by atoms with E-state index in [2.05, 4.69) is 0 Å². The molecule has 0 saturated carbocycles. The van der Waals surface area contributed by atoms with Gasteiger partial charge in [0.2, 0.25) is 0 Å². The van der Waals surface area contributed by atoms with Crippen LogP contribution in [0.25, 0.3) is 0 Å². The second kappa shape index (κ2) is 7.35. The predicted molar refractivity (Wildman–Crippen MR) is 71.9 cm³/mol. The fraction of sp³-hybridized carbons (Fsp3) is 0.455. The van der Waals surface area contributed by atoms with E-state index in [9.17, 15) is 14.3 Å². The quantitative estimate of drug-likeness (QED) is 0.538. The van der Waals surface area contributed by atoms with E-state index in [-0.39, 0.29) is 26.1 Å². The van der Waals surface area contributed by atoms with Crippen LogP contribution in [0.3, 0.4) is 0 Å². The molecule has 1 rings (SSSR count). The van der Waals surface area contributed by atoms with Crippen LogP contribution in [0.5, 0.6) is 0 Å². The molecule has 0 fully saturated rings. The van der Waals surface area contributed by atoms with Crippen molar-refractivity contribution in [3.63, 3.8) is 0 Å². The van der Waals surface area contributed by atoms with Crippen LogP contribution in [0.1, 0.15) is 0 Å². The number of pyridine rings is 1. The molecule has 7 nitrogen and oxygen atoms in total. The van der Waals surface area contributed by atoms with Crippen molar-refractivity contribution < 1.29 is 19.3 Å². The van der Waals surface area contributed by atoms with Crippen LogP contribution in [-0.4, -0.2) is 35.4 Å². The fourth-order valence-corrected chi connectivity index (χ4v) is 1.78. The molecule has 0 aliphatic rings. The van der Waals surface area contributed by atoms with E-state index in [1.807, 2.05) is 0 Å². The number of nitrogen functional groups attached to an aromatic ring is 1. The summed E-state index contributed by atoms with van der Waals surface area (Å²) >= 11 is 0. The van der Waals surface area contributed by atoms with Crippen molar-refractivity contribution in [3.8, 4) is 0 Å². The molecular formula is C11H19N2O5P. The minimum atomic E-state index is -3.55. The van der Waals surface area contributed by atoms with E-state index in [0.29, 0.717) is 5.69 Å². The molecule has 0 radical (unpaired) electrons. The van der Waals surface area contributed by atoms with Gasteiger partial charge in [-0.3, -0.25) is 4.79 Å². The number of aromatic nitrogens is 1. The Labute approximate surface area is 112 Å².